The van der Waals surface area contributed by atoms with Gasteiger partial charge in [0.1, 0.15) is 0 Å². The van der Waals surface area contributed by atoms with Crippen LogP contribution in [-0.4, -0.2) is 46.1 Å². The first-order valence-electron chi connectivity index (χ1n) is 5.16. The van der Waals surface area contributed by atoms with Crippen molar-refractivity contribution in [1.82, 2.24) is 15.1 Å². The van der Waals surface area contributed by atoms with E-state index in [1.54, 1.807) is 35.8 Å². The number of aromatic nitrogens is 2. The Kier molecular flexibility index (Phi) is 5.17. The molecule has 1 amide bonds. The van der Waals surface area contributed by atoms with Crippen LogP contribution in [0.25, 0.3) is 0 Å². The smallest absolute Gasteiger partial charge is 0.274 e. The zero-order valence-corrected chi connectivity index (χ0v) is 11.0. The third-order valence-corrected chi connectivity index (χ3v) is 3.24. The van der Waals surface area contributed by atoms with Crippen LogP contribution < -0.4 is 11.3 Å². The zero-order chi connectivity index (χ0) is 12.8. The van der Waals surface area contributed by atoms with Crippen LogP contribution in [0.1, 0.15) is 17.4 Å². The van der Waals surface area contributed by atoms with Crippen molar-refractivity contribution >= 4 is 23.5 Å². The largest absolute Gasteiger partial charge is 0.337 e. The molecule has 7 heteroatoms. The monoisotopic (exact) mass is 255 g/mol. The Labute approximate surface area is 105 Å². The van der Waals surface area contributed by atoms with Gasteiger partial charge in [0.05, 0.1) is 0 Å². The SMILES string of the molecule is CSCC(C)N(C)C(=O)c1ccc(NN)nn1. The van der Waals surface area contributed by atoms with Gasteiger partial charge in [-0.2, -0.15) is 11.8 Å². The van der Waals surface area contributed by atoms with Crippen LogP contribution >= 0.6 is 11.8 Å². The summed E-state index contributed by atoms with van der Waals surface area (Å²) < 4.78 is 0. The van der Waals surface area contributed by atoms with Gasteiger partial charge in [-0.1, -0.05) is 0 Å². The van der Waals surface area contributed by atoms with E-state index < -0.39 is 0 Å². The predicted molar refractivity (Wildman–Crippen MR) is 69.8 cm³/mol. The lowest BCUT2D eigenvalue weighted by atomic mass is 10.3. The lowest BCUT2D eigenvalue weighted by Gasteiger charge is -2.23. The summed E-state index contributed by atoms with van der Waals surface area (Å²) in [5.41, 5.74) is 2.68. The summed E-state index contributed by atoms with van der Waals surface area (Å²) in [6.45, 7) is 2.00. The van der Waals surface area contributed by atoms with Crippen molar-refractivity contribution in [3.63, 3.8) is 0 Å². The van der Waals surface area contributed by atoms with Gasteiger partial charge in [0.25, 0.3) is 5.91 Å². The van der Waals surface area contributed by atoms with Crippen molar-refractivity contribution in [3.05, 3.63) is 17.8 Å². The van der Waals surface area contributed by atoms with Crippen molar-refractivity contribution in [2.24, 2.45) is 5.84 Å². The molecule has 1 aromatic heterocycles. The minimum absolute atomic E-state index is 0.136. The highest BCUT2D eigenvalue weighted by molar-refractivity contribution is 7.98. The second-order valence-corrected chi connectivity index (χ2v) is 4.58. The first-order valence-corrected chi connectivity index (χ1v) is 6.56. The van der Waals surface area contributed by atoms with Crippen LogP contribution in [0.4, 0.5) is 5.82 Å². The summed E-state index contributed by atoms with van der Waals surface area (Å²) in [7, 11) is 1.76. The average molecular weight is 255 g/mol. The summed E-state index contributed by atoms with van der Waals surface area (Å²) in [6, 6.07) is 3.38. The predicted octanol–water partition coefficient (Wildman–Crippen LogP) is 0.586. The molecule has 0 saturated heterocycles. The molecular formula is C10H17N5OS. The number of anilines is 1. The molecule has 0 spiro atoms. The molecule has 1 aromatic rings. The lowest BCUT2D eigenvalue weighted by Crippen LogP contribution is -2.37. The standard InChI is InChI=1S/C10H17N5OS/c1-7(6-17-3)15(2)10(16)8-4-5-9(12-11)14-13-8/h4-5,7H,6,11H2,1-3H3,(H,12,14). The summed E-state index contributed by atoms with van der Waals surface area (Å²) in [4.78, 5) is 13.7. The number of thioether (sulfide) groups is 1. The number of hydrazine groups is 1. The molecule has 1 rings (SSSR count). The van der Waals surface area contributed by atoms with E-state index in [1.807, 2.05) is 13.2 Å². The molecule has 0 saturated carbocycles. The molecule has 17 heavy (non-hydrogen) atoms. The van der Waals surface area contributed by atoms with Gasteiger partial charge in [-0.05, 0) is 25.3 Å². The number of rotatable bonds is 5. The highest BCUT2D eigenvalue weighted by Crippen LogP contribution is 2.08. The number of amides is 1. The Hall–Kier alpha value is -1.34. The molecule has 3 N–H and O–H groups in total. The van der Waals surface area contributed by atoms with Gasteiger partial charge in [0.2, 0.25) is 0 Å². The highest BCUT2D eigenvalue weighted by atomic mass is 32.2. The molecule has 1 atom stereocenters. The number of carbonyl (C=O) groups excluding carboxylic acids is 1. The number of hydrogen-bond acceptors (Lipinski definition) is 6. The molecule has 0 aliphatic rings. The van der Waals surface area contributed by atoms with Crippen LogP contribution in [-0.2, 0) is 0 Å². The van der Waals surface area contributed by atoms with Crippen molar-refractivity contribution in [1.29, 1.82) is 0 Å². The minimum atomic E-state index is -0.136. The van der Waals surface area contributed by atoms with E-state index in [0.717, 1.165) is 5.75 Å². The Morgan fingerprint density at radius 1 is 1.59 bits per heavy atom. The van der Waals surface area contributed by atoms with Crippen LogP contribution in [0.2, 0.25) is 0 Å². The normalized spacial score (nSPS) is 12.0. The van der Waals surface area contributed by atoms with Gasteiger partial charge >= 0.3 is 0 Å². The van der Waals surface area contributed by atoms with Crippen molar-refractivity contribution < 1.29 is 4.79 Å². The topological polar surface area (TPSA) is 84.1 Å². The summed E-state index contributed by atoms with van der Waals surface area (Å²) >= 11 is 1.70. The number of nitrogens with one attached hydrogen (secondary N) is 1. The summed E-state index contributed by atoms with van der Waals surface area (Å²) in [6.07, 6.45) is 2.01. The molecule has 0 bridgehead atoms. The van der Waals surface area contributed by atoms with Crippen LogP contribution in [0.15, 0.2) is 12.1 Å². The van der Waals surface area contributed by atoms with E-state index in [0.29, 0.717) is 11.5 Å². The second kappa shape index (κ2) is 6.41. The molecule has 1 unspecified atom stereocenters. The molecule has 0 radical (unpaired) electrons. The Morgan fingerprint density at radius 3 is 2.76 bits per heavy atom. The summed E-state index contributed by atoms with van der Waals surface area (Å²) in [5, 5.41) is 7.59. The molecule has 0 aliphatic heterocycles. The molecule has 6 nitrogen and oxygen atoms in total. The molecular weight excluding hydrogens is 238 g/mol. The van der Waals surface area contributed by atoms with E-state index in [9.17, 15) is 4.79 Å². The molecule has 94 valence electrons. The average Bonchev–Trinajstić information content (AvgIpc) is 2.37. The molecule has 0 fully saturated rings. The van der Waals surface area contributed by atoms with Gasteiger partial charge in [0, 0.05) is 18.8 Å². The zero-order valence-electron chi connectivity index (χ0n) is 10.2. The first-order chi connectivity index (χ1) is 8.10. The molecule has 0 aliphatic carbocycles. The maximum atomic E-state index is 12.0. The van der Waals surface area contributed by atoms with Crippen molar-refractivity contribution in [2.75, 3.05) is 24.5 Å². The highest BCUT2D eigenvalue weighted by Gasteiger charge is 2.18. The van der Waals surface area contributed by atoms with E-state index in [1.165, 1.54) is 0 Å². The first kappa shape index (κ1) is 13.7. The fourth-order valence-electron chi connectivity index (χ4n) is 1.26. The Bertz CT molecular complexity index is 369. The van der Waals surface area contributed by atoms with Gasteiger partial charge < -0.3 is 10.3 Å². The second-order valence-electron chi connectivity index (χ2n) is 3.67. The van der Waals surface area contributed by atoms with E-state index >= 15 is 0 Å². The van der Waals surface area contributed by atoms with Crippen LogP contribution in [0.3, 0.4) is 0 Å². The van der Waals surface area contributed by atoms with E-state index in [-0.39, 0.29) is 11.9 Å². The minimum Gasteiger partial charge on any atom is -0.337 e. The third-order valence-electron chi connectivity index (χ3n) is 2.42. The number of nitrogens with zero attached hydrogens (tertiary/aromatic N) is 3. The number of hydrogen-bond donors (Lipinski definition) is 2. The van der Waals surface area contributed by atoms with Gasteiger partial charge in [0.15, 0.2) is 11.5 Å². The quantitative estimate of drug-likeness (QED) is 0.591. The Balaban J connectivity index is 2.74. The fourth-order valence-corrected chi connectivity index (χ4v) is 1.96. The molecule has 0 aromatic carbocycles. The summed E-state index contributed by atoms with van der Waals surface area (Å²) in [5.74, 6) is 6.36. The Morgan fingerprint density at radius 2 is 2.29 bits per heavy atom. The third kappa shape index (κ3) is 3.57. The van der Waals surface area contributed by atoms with E-state index in [4.69, 9.17) is 5.84 Å². The van der Waals surface area contributed by atoms with Gasteiger partial charge in [-0.3, -0.25) is 4.79 Å². The maximum Gasteiger partial charge on any atom is 0.274 e. The van der Waals surface area contributed by atoms with Crippen LogP contribution in [0, 0.1) is 0 Å². The number of nitrogen functional groups attached to an aromatic ring is 1. The van der Waals surface area contributed by atoms with Crippen molar-refractivity contribution in [3.8, 4) is 0 Å². The number of carbonyl (C=O) groups is 1. The maximum absolute atomic E-state index is 12.0. The lowest BCUT2D eigenvalue weighted by molar-refractivity contribution is 0.0750. The molecule has 1 heterocycles. The van der Waals surface area contributed by atoms with Gasteiger partial charge in [-0.25, -0.2) is 5.84 Å². The van der Waals surface area contributed by atoms with E-state index in [2.05, 4.69) is 15.6 Å². The number of nitrogens with two attached hydrogens (primary N) is 1. The van der Waals surface area contributed by atoms with Crippen LogP contribution in [0.5, 0.6) is 0 Å². The van der Waals surface area contributed by atoms with Gasteiger partial charge in [-0.15, -0.1) is 10.2 Å². The van der Waals surface area contributed by atoms with Crippen molar-refractivity contribution in [2.45, 2.75) is 13.0 Å². The fraction of sp³-hybridized carbons (Fsp3) is 0.500.